The maximum Gasteiger partial charge on any atom is 0.311 e. The first-order chi connectivity index (χ1) is 8.98. The molecule has 0 aromatic carbocycles. The van der Waals surface area contributed by atoms with Crippen molar-refractivity contribution in [2.75, 3.05) is 13.1 Å². The summed E-state index contributed by atoms with van der Waals surface area (Å²) >= 11 is 0. The number of carbonyl (C=O) groups is 3. The molecular formula is C12H17N3O4. The molecule has 104 valence electrons. The monoisotopic (exact) mass is 267 g/mol. The van der Waals surface area contributed by atoms with Crippen LogP contribution in [0, 0.1) is 5.41 Å². The molecule has 1 atom stereocenters. The lowest BCUT2D eigenvalue weighted by molar-refractivity contribution is -0.148. The molecule has 1 unspecified atom stereocenters. The molecule has 0 radical (unpaired) electrons. The smallest absolute Gasteiger partial charge is 0.311 e. The normalized spacial score (nSPS) is 26.9. The van der Waals surface area contributed by atoms with E-state index in [1.54, 1.807) is 0 Å². The Morgan fingerprint density at radius 3 is 2.68 bits per heavy atom. The van der Waals surface area contributed by atoms with E-state index in [0.717, 1.165) is 0 Å². The Balaban J connectivity index is 2.07. The van der Waals surface area contributed by atoms with Crippen LogP contribution in [0.2, 0.25) is 0 Å². The zero-order valence-electron chi connectivity index (χ0n) is 10.8. The molecule has 2 amide bonds. The van der Waals surface area contributed by atoms with Crippen LogP contribution >= 0.6 is 0 Å². The molecule has 2 rings (SSSR count). The third-order valence-electron chi connectivity index (χ3n) is 3.92. The number of hydrogen-bond acceptors (Lipinski definition) is 4. The summed E-state index contributed by atoms with van der Waals surface area (Å²) in [4.78, 5) is 36.0. The number of aliphatic carboxylic acids is 1. The largest absolute Gasteiger partial charge is 0.481 e. The van der Waals surface area contributed by atoms with Crippen LogP contribution in [0.5, 0.6) is 0 Å². The zero-order chi connectivity index (χ0) is 14.0. The molecule has 0 spiro atoms. The summed E-state index contributed by atoms with van der Waals surface area (Å²) < 4.78 is 0. The predicted octanol–water partition coefficient (Wildman–Crippen LogP) is -0.0343. The molecule has 0 aliphatic carbocycles. The summed E-state index contributed by atoms with van der Waals surface area (Å²) in [6.07, 6.45) is 1.52. The number of carboxylic acid groups (broad SMARTS) is 1. The number of likely N-dealkylation sites (tertiary alicyclic amines) is 1. The molecule has 0 saturated carbocycles. The highest BCUT2D eigenvalue weighted by Gasteiger charge is 2.45. The molecule has 7 nitrogen and oxygen atoms in total. The van der Waals surface area contributed by atoms with Gasteiger partial charge >= 0.3 is 5.97 Å². The van der Waals surface area contributed by atoms with Gasteiger partial charge in [-0.05, 0) is 12.8 Å². The standard InChI is InChI=1S/C12H17N3O4/c1-2-12(11(18)19)5-6-15(7-12)10(17)8-3-4-9(16)14-13-8/h2-7H2,1H3,(H,14,16)(H,18,19). The topological polar surface area (TPSA) is 99.1 Å². The van der Waals surface area contributed by atoms with E-state index in [2.05, 4.69) is 10.5 Å². The van der Waals surface area contributed by atoms with E-state index in [1.807, 2.05) is 6.92 Å². The van der Waals surface area contributed by atoms with E-state index >= 15 is 0 Å². The minimum atomic E-state index is -0.857. The number of carbonyl (C=O) groups excluding carboxylic acids is 2. The first-order valence-corrected chi connectivity index (χ1v) is 6.36. The number of rotatable bonds is 3. The Morgan fingerprint density at radius 2 is 2.21 bits per heavy atom. The lowest BCUT2D eigenvalue weighted by atomic mass is 9.84. The first-order valence-electron chi connectivity index (χ1n) is 6.36. The molecule has 2 aliphatic heterocycles. The summed E-state index contributed by atoms with van der Waals surface area (Å²) in [7, 11) is 0. The molecule has 2 aliphatic rings. The molecule has 1 fully saturated rings. The Bertz CT molecular complexity index is 460. The molecular weight excluding hydrogens is 250 g/mol. The maximum absolute atomic E-state index is 12.2. The van der Waals surface area contributed by atoms with Crippen LogP contribution in [0.4, 0.5) is 0 Å². The molecule has 0 bridgehead atoms. The van der Waals surface area contributed by atoms with Crippen LogP contribution in [-0.4, -0.2) is 46.6 Å². The summed E-state index contributed by atoms with van der Waals surface area (Å²) in [6, 6.07) is 0. The second-order valence-corrected chi connectivity index (χ2v) is 5.01. The highest BCUT2D eigenvalue weighted by molar-refractivity contribution is 6.39. The van der Waals surface area contributed by atoms with Crippen LogP contribution in [0.1, 0.15) is 32.6 Å². The number of amides is 2. The average molecular weight is 267 g/mol. The van der Waals surface area contributed by atoms with E-state index in [1.165, 1.54) is 4.90 Å². The fourth-order valence-electron chi connectivity index (χ4n) is 2.47. The lowest BCUT2D eigenvalue weighted by Gasteiger charge is -2.23. The summed E-state index contributed by atoms with van der Waals surface area (Å²) in [6.45, 7) is 2.46. The number of nitrogens with zero attached hydrogens (tertiary/aromatic N) is 2. The fourth-order valence-corrected chi connectivity index (χ4v) is 2.47. The third kappa shape index (κ3) is 2.45. The van der Waals surface area contributed by atoms with Crippen molar-refractivity contribution in [3.05, 3.63) is 0 Å². The van der Waals surface area contributed by atoms with Crippen LogP contribution in [0.25, 0.3) is 0 Å². The van der Waals surface area contributed by atoms with E-state index in [0.29, 0.717) is 31.5 Å². The van der Waals surface area contributed by atoms with Gasteiger partial charge in [0, 0.05) is 25.9 Å². The van der Waals surface area contributed by atoms with Gasteiger partial charge in [-0.1, -0.05) is 6.92 Å². The highest BCUT2D eigenvalue weighted by Crippen LogP contribution is 2.34. The van der Waals surface area contributed by atoms with Gasteiger partial charge in [0.15, 0.2) is 0 Å². The molecule has 7 heteroatoms. The quantitative estimate of drug-likeness (QED) is 0.749. The third-order valence-corrected chi connectivity index (χ3v) is 3.92. The zero-order valence-corrected chi connectivity index (χ0v) is 10.8. The van der Waals surface area contributed by atoms with Crippen LogP contribution in [0.3, 0.4) is 0 Å². The van der Waals surface area contributed by atoms with Crippen molar-refractivity contribution < 1.29 is 19.5 Å². The van der Waals surface area contributed by atoms with Crippen molar-refractivity contribution in [3.8, 4) is 0 Å². The van der Waals surface area contributed by atoms with Crippen LogP contribution < -0.4 is 5.43 Å². The number of carboxylic acids is 1. The highest BCUT2D eigenvalue weighted by atomic mass is 16.4. The lowest BCUT2D eigenvalue weighted by Crippen LogP contribution is -2.41. The second kappa shape index (κ2) is 4.99. The van der Waals surface area contributed by atoms with Gasteiger partial charge in [0.1, 0.15) is 5.71 Å². The van der Waals surface area contributed by atoms with Gasteiger partial charge < -0.3 is 10.0 Å². The molecule has 2 N–H and O–H groups in total. The van der Waals surface area contributed by atoms with Crippen molar-refractivity contribution >= 4 is 23.5 Å². The van der Waals surface area contributed by atoms with Crippen molar-refractivity contribution in [3.63, 3.8) is 0 Å². The van der Waals surface area contributed by atoms with Crippen molar-refractivity contribution in [2.45, 2.75) is 32.6 Å². The molecule has 2 heterocycles. The van der Waals surface area contributed by atoms with Gasteiger partial charge in [0.05, 0.1) is 5.41 Å². The molecule has 19 heavy (non-hydrogen) atoms. The summed E-state index contributed by atoms with van der Waals surface area (Å²) in [5, 5.41) is 13.0. The van der Waals surface area contributed by atoms with Gasteiger partial charge in [-0.25, -0.2) is 5.43 Å². The van der Waals surface area contributed by atoms with Gasteiger partial charge in [-0.3, -0.25) is 14.4 Å². The van der Waals surface area contributed by atoms with Gasteiger partial charge in [0.2, 0.25) is 5.91 Å². The van der Waals surface area contributed by atoms with Crippen molar-refractivity contribution in [2.24, 2.45) is 10.5 Å². The second-order valence-electron chi connectivity index (χ2n) is 5.01. The van der Waals surface area contributed by atoms with Crippen molar-refractivity contribution in [1.82, 2.24) is 10.3 Å². The minimum Gasteiger partial charge on any atom is -0.481 e. The SMILES string of the molecule is CCC1(C(=O)O)CCN(C(=O)C2=NNC(=O)CC2)C1. The van der Waals surface area contributed by atoms with E-state index in [-0.39, 0.29) is 24.8 Å². The Kier molecular flexibility index (Phi) is 3.55. The molecule has 1 saturated heterocycles. The van der Waals surface area contributed by atoms with E-state index < -0.39 is 11.4 Å². The minimum absolute atomic E-state index is 0.202. The van der Waals surface area contributed by atoms with Crippen molar-refractivity contribution in [1.29, 1.82) is 0 Å². The first kappa shape index (κ1) is 13.5. The summed E-state index contributed by atoms with van der Waals surface area (Å²) in [5.41, 5.74) is 1.74. The van der Waals surface area contributed by atoms with Crippen LogP contribution in [-0.2, 0) is 14.4 Å². The average Bonchev–Trinajstić information content (AvgIpc) is 2.84. The van der Waals surface area contributed by atoms with E-state index in [9.17, 15) is 19.5 Å². The van der Waals surface area contributed by atoms with Gasteiger partial charge in [-0.2, -0.15) is 5.10 Å². The summed E-state index contributed by atoms with van der Waals surface area (Å²) in [5.74, 6) is -1.33. The predicted molar refractivity (Wildman–Crippen MR) is 66.4 cm³/mol. The van der Waals surface area contributed by atoms with Gasteiger partial charge in [-0.15, -0.1) is 0 Å². The fraction of sp³-hybridized carbons (Fsp3) is 0.667. The maximum atomic E-state index is 12.2. The Hall–Kier alpha value is -1.92. The van der Waals surface area contributed by atoms with E-state index in [4.69, 9.17) is 0 Å². The van der Waals surface area contributed by atoms with Gasteiger partial charge in [0.25, 0.3) is 5.91 Å². The Labute approximate surface area is 110 Å². The number of nitrogens with one attached hydrogen (secondary N) is 1. The number of hydrazone groups is 1. The molecule has 0 aromatic rings. The Morgan fingerprint density at radius 1 is 1.47 bits per heavy atom. The number of hydrogen-bond donors (Lipinski definition) is 2. The molecule has 0 aromatic heterocycles. The van der Waals surface area contributed by atoms with Crippen LogP contribution in [0.15, 0.2) is 5.10 Å².